The van der Waals surface area contributed by atoms with E-state index in [1.54, 1.807) is 12.1 Å². The van der Waals surface area contributed by atoms with Gasteiger partial charge in [0.25, 0.3) is 5.91 Å². The summed E-state index contributed by atoms with van der Waals surface area (Å²) < 4.78 is 5.36. The number of likely N-dealkylation sites (tertiary alicyclic amines) is 1. The summed E-state index contributed by atoms with van der Waals surface area (Å²) in [4.78, 5) is 26.4. The molecule has 0 spiro atoms. The molecule has 1 heterocycles. The van der Waals surface area contributed by atoms with E-state index in [2.05, 4.69) is 21.6 Å². The molecule has 1 fully saturated rings. The van der Waals surface area contributed by atoms with Gasteiger partial charge in [0.1, 0.15) is 5.75 Å². The normalized spacial score (nSPS) is 14.3. The second-order valence-corrected chi connectivity index (χ2v) is 6.96. The number of anilines is 1. The minimum absolute atomic E-state index is 0.0899. The van der Waals surface area contributed by atoms with Gasteiger partial charge in [-0.25, -0.2) is 0 Å². The first-order valence-electron chi connectivity index (χ1n) is 9.75. The number of hydrogen-bond acceptors (Lipinski definition) is 4. The molecule has 6 heteroatoms. The minimum atomic E-state index is -0.335. The molecule has 0 atom stereocenters. The molecular formula is C22H27N3O3. The van der Waals surface area contributed by atoms with E-state index < -0.39 is 0 Å². The lowest BCUT2D eigenvalue weighted by atomic mass is 10.1. The first-order chi connectivity index (χ1) is 13.7. The highest BCUT2D eigenvalue weighted by atomic mass is 16.5. The Balaban J connectivity index is 1.40. The maximum atomic E-state index is 12.1. The molecule has 0 radical (unpaired) electrons. The summed E-state index contributed by atoms with van der Waals surface area (Å²) in [6.45, 7) is 2.95. The molecule has 148 valence electrons. The second-order valence-electron chi connectivity index (χ2n) is 6.96. The van der Waals surface area contributed by atoms with Crippen molar-refractivity contribution in [2.24, 2.45) is 0 Å². The van der Waals surface area contributed by atoms with Crippen molar-refractivity contribution in [3.63, 3.8) is 0 Å². The van der Waals surface area contributed by atoms with Crippen LogP contribution in [0.3, 0.4) is 0 Å². The van der Waals surface area contributed by atoms with Crippen molar-refractivity contribution in [3.8, 4) is 5.75 Å². The number of amides is 2. The lowest BCUT2D eigenvalue weighted by Crippen LogP contribution is -2.35. The summed E-state index contributed by atoms with van der Waals surface area (Å²) >= 11 is 0. The van der Waals surface area contributed by atoms with Crippen LogP contribution >= 0.6 is 0 Å². The van der Waals surface area contributed by atoms with E-state index in [1.165, 1.54) is 24.8 Å². The standard InChI is InChI=1S/C22H27N3O3/c26-21(15-23-22(27)17-28-20-10-3-1-4-11-20)24-19-9-7-8-18(14-19)16-25-12-5-2-6-13-25/h1,3-4,7-11,14H,2,5-6,12-13,15-17H2,(H,23,27)(H,24,26). The van der Waals surface area contributed by atoms with Gasteiger partial charge in [0.15, 0.2) is 6.61 Å². The van der Waals surface area contributed by atoms with E-state index in [-0.39, 0.29) is 25.0 Å². The molecule has 1 aliphatic heterocycles. The summed E-state index contributed by atoms with van der Waals surface area (Å²) in [7, 11) is 0. The van der Waals surface area contributed by atoms with E-state index >= 15 is 0 Å². The SMILES string of the molecule is O=C(COc1ccccc1)NCC(=O)Nc1cccc(CN2CCCCC2)c1. The highest BCUT2D eigenvalue weighted by Gasteiger charge is 2.11. The number of rotatable bonds is 8. The third-order valence-corrected chi connectivity index (χ3v) is 4.62. The largest absolute Gasteiger partial charge is 0.484 e. The van der Waals surface area contributed by atoms with Crippen LogP contribution < -0.4 is 15.4 Å². The van der Waals surface area contributed by atoms with Gasteiger partial charge in [-0.3, -0.25) is 14.5 Å². The first-order valence-corrected chi connectivity index (χ1v) is 9.75. The van der Waals surface area contributed by atoms with Gasteiger partial charge in [-0.15, -0.1) is 0 Å². The second kappa shape index (κ2) is 10.5. The molecule has 0 unspecified atom stereocenters. The molecule has 2 aromatic carbocycles. The van der Waals surface area contributed by atoms with Crippen LogP contribution in [0.25, 0.3) is 0 Å². The Kier molecular flexibility index (Phi) is 7.44. The third-order valence-electron chi connectivity index (χ3n) is 4.62. The molecule has 3 rings (SSSR count). The molecule has 0 bridgehead atoms. The number of ether oxygens (including phenoxy) is 1. The predicted molar refractivity (Wildman–Crippen MR) is 109 cm³/mol. The van der Waals surface area contributed by atoms with Crippen molar-refractivity contribution in [2.45, 2.75) is 25.8 Å². The zero-order valence-corrected chi connectivity index (χ0v) is 16.0. The van der Waals surface area contributed by atoms with Crippen LogP contribution in [0.5, 0.6) is 5.75 Å². The predicted octanol–water partition coefficient (Wildman–Crippen LogP) is 2.81. The third kappa shape index (κ3) is 6.70. The van der Waals surface area contributed by atoms with Crippen molar-refractivity contribution in [1.82, 2.24) is 10.2 Å². The maximum absolute atomic E-state index is 12.1. The van der Waals surface area contributed by atoms with Gasteiger partial charge in [0, 0.05) is 12.2 Å². The molecule has 1 saturated heterocycles. The Bertz CT molecular complexity index is 774. The van der Waals surface area contributed by atoms with Crippen LogP contribution in [-0.2, 0) is 16.1 Å². The van der Waals surface area contributed by atoms with Crippen molar-refractivity contribution in [3.05, 3.63) is 60.2 Å². The molecule has 0 aromatic heterocycles. The number of nitrogens with zero attached hydrogens (tertiary/aromatic N) is 1. The summed E-state index contributed by atoms with van der Waals surface area (Å²) in [5.41, 5.74) is 1.93. The molecule has 1 aliphatic rings. The zero-order chi connectivity index (χ0) is 19.6. The fourth-order valence-corrected chi connectivity index (χ4v) is 3.22. The van der Waals surface area contributed by atoms with Gasteiger partial charge in [0.05, 0.1) is 6.54 Å². The topological polar surface area (TPSA) is 70.7 Å². The molecule has 2 aromatic rings. The Morgan fingerprint density at radius 1 is 0.929 bits per heavy atom. The highest BCUT2D eigenvalue weighted by Crippen LogP contribution is 2.16. The van der Waals surface area contributed by atoms with Crippen molar-refractivity contribution >= 4 is 17.5 Å². The quantitative estimate of drug-likeness (QED) is 0.738. The molecule has 2 amide bonds. The van der Waals surface area contributed by atoms with E-state index in [0.717, 1.165) is 25.3 Å². The monoisotopic (exact) mass is 381 g/mol. The summed E-state index contributed by atoms with van der Waals surface area (Å²) in [5.74, 6) is 0.0219. The maximum Gasteiger partial charge on any atom is 0.258 e. The van der Waals surface area contributed by atoms with Gasteiger partial charge in [0.2, 0.25) is 5.91 Å². The number of para-hydroxylation sites is 1. The van der Waals surface area contributed by atoms with Gasteiger partial charge < -0.3 is 15.4 Å². The van der Waals surface area contributed by atoms with E-state index in [4.69, 9.17) is 4.74 Å². The van der Waals surface area contributed by atoms with Crippen LogP contribution in [-0.4, -0.2) is 43.0 Å². The lowest BCUT2D eigenvalue weighted by molar-refractivity contribution is -0.125. The summed E-state index contributed by atoms with van der Waals surface area (Å²) in [5, 5.41) is 5.40. The molecule has 2 N–H and O–H groups in total. The Morgan fingerprint density at radius 2 is 1.71 bits per heavy atom. The Labute approximate surface area is 165 Å². The fourth-order valence-electron chi connectivity index (χ4n) is 3.22. The molecule has 0 saturated carbocycles. The fraction of sp³-hybridized carbons (Fsp3) is 0.364. The van der Waals surface area contributed by atoms with Crippen LogP contribution in [0, 0.1) is 0 Å². The van der Waals surface area contributed by atoms with E-state index in [9.17, 15) is 9.59 Å². The van der Waals surface area contributed by atoms with E-state index in [0.29, 0.717) is 5.75 Å². The van der Waals surface area contributed by atoms with Gasteiger partial charge in [-0.1, -0.05) is 36.8 Å². The summed E-state index contributed by atoms with van der Waals surface area (Å²) in [6, 6.07) is 17.0. The number of carbonyl (C=O) groups is 2. The van der Waals surface area contributed by atoms with Crippen molar-refractivity contribution in [2.75, 3.05) is 31.6 Å². The molecular weight excluding hydrogens is 354 g/mol. The minimum Gasteiger partial charge on any atom is -0.484 e. The van der Waals surface area contributed by atoms with Crippen LogP contribution in [0.4, 0.5) is 5.69 Å². The number of nitrogens with one attached hydrogen (secondary N) is 2. The average Bonchev–Trinajstić information content (AvgIpc) is 2.72. The molecule has 28 heavy (non-hydrogen) atoms. The molecule has 6 nitrogen and oxygen atoms in total. The lowest BCUT2D eigenvalue weighted by Gasteiger charge is -2.26. The van der Waals surface area contributed by atoms with Crippen molar-refractivity contribution in [1.29, 1.82) is 0 Å². The number of hydrogen-bond donors (Lipinski definition) is 2. The van der Waals surface area contributed by atoms with Gasteiger partial charge in [-0.2, -0.15) is 0 Å². The van der Waals surface area contributed by atoms with Gasteiger partial charge >= 0.3 is 0 Å². The van der Waals surface area contributed by atoms with Crippen LogP contribution in [0.1, 0.15) is 24.8 Å². The highest BCUT2D eigenvalue weighted by molar-refractivity contribution is 5.94. The van der Waals surface area contributed by atoms with Crippen LogP contribution in [0.2, 0.25) is 0 Å². The summed E-state index contributed by atoms with van der Waals surface area (Å²) in [6.07, 6.45) is 3.82. The number of piperidine rings is 1. The zero-order valence-electron chi connectivity index (χ0n) is 16.0. The number of benzene rings is 2. The first kappa shape index (κ1) is 19.9. The molecule has 0 aliphatic carbocycles. The van der Waals surface area contributed by atoms with Crippen molar-refractivity contribution < 1.29 is 14.3 Å². The van der Waals surface area contributed by atoms with Crippen LogP contribution in [0.15, 0.2) is 54.6 Å². The van der Waals surface area contributed by atoms with Gasteiger partial charge in [-0.05, 0) is 55.8 Å². The smallest absolute Gasteiger partial charge is 0.258 e. The van der Waals surface area contributed by atoms with E-state index in [1.807, 2.05) is 36.4 Å². The Morgan fingerprint density at radius 3 is 2.50 bits per heavy atom. The number of carbonyl (C=O) groups excluding carboxylic acids is 2. The average molecular weight is 381 g/mol. The Hall–Kier alpha value is -2.86.